The second-order valence-electron chi connectivity index (χ2n) is 20.0. The molecular formula is C61H112N+. The van der Waals surface area contributed by atoms with Crippen LogP contribution < -0.4 is 0 Å². The number of hydrogen-bond acceptors (Lipinski definition) is 0. The Morgan fingerprint density at radius 2 is 0.500 bits per heavy atom. The van der Waals surface area contributed by atoms with E-state index in [4.69, 9.17) is 0 Å². The Hall–Kier alpha value is -1.60. The van der Waals surface area contributed by atoms with Crippen LogP contribution >= 0.6 is 0 Å². The molecule has 0 aromatic heterocycles. The Morgan fingerprint density at radius 3 is 0.758 bits per heavy atom. The van der Waals surface area contributed by atoms with Crippen molar-refractivity contribution in [1.82, 2.24) is 0 Å². The van der Waals surface area contributed by atoms with Gasteiger partial charge in [-0.05, 0) is 96.3 Å². The summed E-state index contributed by atoms with van der Waals surface area (Å²) in [5.74, 6) is 0. The third kappa shape index (κ3) is 41.1. The van der Waals surface area contributed by atoms with Crippen LogP contribution in [0.3, 0.4) is 0 Å². The van der Waals surface area contributed by atoms with E-state index in [2.05, 4.69) is 87.6 Å². The van der Waals surface area contributed by atoms with Gasteiger partial charge in [0.05, 0.1) is 19.6 Å². The van der Waals surface area contributed by atoms with Crippen molar-refractivity contribution in [2.45, 2.75) is 297 Å². The van der Waals surface area contributed by atoms with E-state index in [9.17, 15) is 0 Å². The predicted octanol–water partition coefficient (Wildman–Crippen LogP) is 21.1. The van der Waals surface area contributed by atoms with Crippen LogP contribution in [0.15, 0.2) is 66.8 Å². The Labute approximate surface area is 391 Å². The van der Waals surface area contributed by atoms with Gasteiger partial charge in [-0.1, -0.05) is 261 Å². The molecular weight excluding hydrogens is 747 g/mol. The summed E-state index contributed by atoms with van der Waals surface area (Å²) in [4.78, 5) is 0. The maximum atomic E-state index is 2.42. The van der Waals surface area contributed by atoms with Crippen molar-refractivity contribution in [2.24, 2.45) is 0 Å². The smallest absolute Gasteiger partial charge is 0.104 e. The Bertz CT molecular complexity index is 964. The van der Waals surface area contributed by atoms with Gasteiger partial charge in [-0.3, -0.25) is 0 Å². The zero-order valence-corrected chi connectivity index (χ0v) is 42.8. The molecule has 0 radical (unpaired) electrons. The first kappa shape index (κ1) is 58.4. The third-order valence-corrected chi connectivity index (χ3v) is 13.7. The van der Waals surface area contributed by atoms with Crippen molar-refractivity contribution < 1.29 is 4.48 Å². The molecule has 1 rings (SSSR count). The number of benzene rings is 1. The summed E-state index contributed by atoms with van der Waals surface area (Å²) >= 11 is 0. The minimum absolute atomic E-state index is 1.25. The molecule has 1 aromatic rings. The van der Waals surface area contributed by atoms with Gasteiger partial charge in [0.2, 0.25) is 0 Å². The highest BCUT2D eigenvalue weighted by Gasteiger charge is 2.26. The van der Waals surface area contributed by atoms with Crippen LogP contribution in [0.5, 0.6) is 0 Å². The first-order chi connectivity index (χ1) is 30.8. The van der Waals surface area contributed by atoms with Crippen LogP contribution in [0.2, 0.25) is 0 Å². The molecule has 0 fully saturated rings. The molecule has 0 bridgehead atoms. The average Bonchev–Trinajstić information content (AvgIpc) is 3.29. The maximum absolute atomic E-state index is 2.42. The number of nitrogens with zero attached hydrogens (tertiary/aromatic N) is 1. The zero-order valence-electron chi connectivity index (χ0n) is 42.8. The summed E-state index contributed by atoms with van der Waals surface area (Å²) in [6.07, 6.45) is 73.4. The molecule has 0 aliphatic heterocycles. The fourth-order valence-electron chi connectivity index (χ4n) is 9.65. The van der Waals surface area contributed by atoms with Crippen molar-refractivity contribution in [2.75, 3.05) is 19.6 Å². The topological polar surface area (TPSA) is 0 Å². The van der Waals surface area contributed by atoms with Gasteiger partial charge in [-0.2, -0.15) is 0 Å². The van der Waals surface area contributed by atoms with Crippen molar-refractivity contribution in [3.8, 4) is 0 Å². The van der Waals surface area contributed by atoms with Gasteiger partial charge >= 0.3 is 0 Å². The van der Waals surface area contributed by atoms with E-state index >= 15 is 0 Å². The standard InChI is InChI=1S/C61H112N/c1-4-7-10-13-16-19-22-25-28-31-34-37-40-43-46-52-57-62(60-61-55-50-49-51-56-61,58-53-47-44-41-38-35-32-29-26-23-20-17-14-11-8-5-2)59-54-48-45-42-39-36-33-30-27-24-21-18-15-12-9-6-3/h10-15,49-51,55-56H,4-9,16-48,52-54,57-60H2,1-3H3/q+1/b13-10+,14-11+,15-12+. The van der Waals surface area contributed by atoms with Crippen molar-refractivity contribution in [3.05, 3.63) is 72.4 Å². The monoisotopic (exact) mass is 859 g/mol. The molecule has 0 aliphatic rings. The Morgan fingerprint density at radius 1 is 0.274 bits per heavy atom. The molecule has 0 saturated carbocycles. The molecule has 0 N–H and O–H groups in total. The highest BCUT2D eigenvalue weighted by molar-refractivity contribution is 5.13. The molecule has 1 nitrogen and oxygen atoms in total. The first-order valence-corrected chi connectivity index (χ1v) is 28.6. The highest BCUT2D eigenvalue weighted by atomic mass is 15.3. The average molecular weight is 860 g/mol. The van der Waals surface area contributed by atoms with Gasteiger partial charge < -0.3 is 4.48 Å². The summed E-state index contributed by atoms with van der Waals surface area (Å²) in [5.41, 5.74) is 1.57. The molecule has 0 unspecified atom stereocenters. The van der Waals surface area contributed by atoms with E-state index < -0.39 is 0 Å². The summed E-state index contributed by atoms with van der Waals surface area (Å²) < 4.78 is 1.35. The van der Waals surface area contributed by atoms with E-state index in [0.717, 1.165) is 0 Å². The normalized spacial score (nSPS) is 12.3. The number of unbranched alkanes of at least 4 members (excludes halogenated alkanes) is 36. The summed E-state index contributed by atoms with van der Waals surface area (Å²) in [7, 11) is 0. The molecule has 0 amide bonds. The molecule has 0 atom stereocenters. The van der Waals surface area contributed by atoms with Crippen LogP contribution in [0.25, 0.3) is 0 Å². The second kappa shape index (κ2) is 48.8. The maximum Gasteiger partial charge on any atom is 0.104 e. The largest absolute Gasteiger partial charge is 0.320 e. The number of rotatable bonds is 50. The Balaban J connectivity index is 2.48. The number of hydrogen-bond donors (Lipinski definition) is 0. The van der Waals surface area contributed by atoms with Crippen molar-refractivity contribution in [3.63, 3.8) is 0 Å². The van der Waals surface area contributed by atoms with Gasteiger partial charge in [0.25, 0.3) is 0 Å². The van der Waals surface area contributed by atoms with E-state index in [1.807, 2.05) is 0 Å². The summed E-state index contributed by atoms with van der Waals surface area (Å²) in [6, 6.07) is 11.6. The van der Waals surface area contributed by atoms with Crippen LogP contribution in [-0.4, -0.2) is 24.1 Å². The highest BCUT2D eigenvalue weighted by Crippen LogP contribution is 2.23. The van der Waals surface area contributed by atoms with E-state index in [-0.39, 0.29) is 0 Å². The van der Waals surface area contributed by atoms with E-state index in [0.29, 0.717) is 0 Å². The molecule has 360 valence electrons. The summed E-state index contributed by atoms with van der Waals surface area (Å²) in [5, 5.41) is 0. The van der Waals surface area contributed by atoms with Gasteiger partial charge in [0.15, 0.2) is 0 Å². The SMILES string of the molecule is CCC/C=C/CCCCCCCCCCCCC[N+](CCCCCCCCCCCCC/C=C/CCC)(CCCCCCCCCCCCC/C=C/CCC)Cc1ccccc1. The van der Waals surface area contributed by atoms with Gasteiger partial charge in [-0.15, -0.1) is 0 Å². The molecule has 0 heterocycles. The van der Waals surface area contributed by atoms with Crippen LogP contribution in [0, 0.1) is 0 Å². The van der Waals surface area contributed by atoms with Crippen LogP contribution in [0.1, 0.15) is 296 Å². The minimum atomic E-state index is 1.25. The molecule has 0 aliphatic carbocycles. The fourth-order valence-corrected chi connectivity index (χ4v) is 9.65. The first-order valence-electron chi connectivity index (χ1n) is 28.6. The molecule has 1 aromatic carbocycles. The lowest BCUT2D eigenvalue weighted by Gasteiger charge is -2.39. The molecule has 0 saturated heterocycles. The fraction of sp³-hybridized carbons (Fsp3) is 0.803. The van der Waals surface area contributed by atoms with Crippen molar-refractivity contribution in [1.29, 1.82) is 0 Å². The lowest BCUT2D eigenvalue weighted by atomic mass is 10.0. The lowest BCUT2D eigenvalue weighted by Crippen LogP contribution is -2.49. The Kier molecular flexibility index (Phi) is 46.0. The van der Waals surface area contributed by atoms with Gasteiger partial charge in [-0.25, -0.2) is 0 Å². The van der Waals surface area contributed by atoms with Crippen molar-refractivity contribution >= 4 is 0 Å². The lowest BCUT2D eigenvalue weighted by molar-refractivity contribution is -0.941. The molecule has 1 heteroatoms. The van der Waals surface area contributed by atoms with Crippen LogP contribution in [-0.2, 0) is 6.54 Å². The number of allylic oxidation sites excluding steroid dienone is 6. The van der Waals surface area contributed by atoms with Gasteiger partial charge in [0.1, 0.15) is 6.54 Å². The third-order valence-electron chi connectivity index (χ3n) is 13.7. The quantitative estimate of drug-likeness (QED) is 0.0348. The predicted molar refractivity (Wildman–Crippen MR) is 283 cm³/mol. The minimum Gasteiger partial charge on any atom is -0.320 e. The van der Waals surface area contributed by atoms with Gasteiger partial charge in [0, 0.05) is 5.56 Å². The van der Waals surface area contributed by atoms with E-state index in [1.54, 1.807) is 5.56 Å². The van der Waals surface area contributed by atoms with E-state index in [1.165, 1.54) is 300 Å². The molecule has 62 heavy (non-hydrogen) atoms. The second-order valence-corrected chi connectivity index (χ2v) is 20.0. The summed E-state index contributed by atoms with van der Waals surface area (Å²) in [6.45, 7) is 12.2. The number of quaternary nitrogens is 1. The van der Waals surface area contributed by atoms with Crippen LogP contribution in [0.4, 0.5) is 0 Å². The zero-order chi connectivity index (χ0) is 44.4. The molecule has 0 spiro atoms.